The molecule has 0 N–H and O–H groups in total. The molecule has 4 rings (SSSR count). The van der Waals surface area contributed by atoms with Gasteiger partial charge in [-0.3, -0.25) is 4.79 Å². The molecular weight excluding hydrogens is 456 g/mol. The summed E-state index contributed by atoms with van der Waals surface area (Å²) in [6, 6.07) is 29.9. The van der Waals surface area contributed by atoms with E-state index in [2.05, 4.69) is 0 Å². The van der Waals surface area contributed by atoms with E-state index in [9.17, 15) is 4.79 Å². The third-order valence-electron chi connectivity index (χ3n) is 6.13. The van der Waals surface area contributed by atoms with Gasteiger partial charge in [0, 0.05) is 6.92 Å². The van der Waals surface area contributed by atoms with Crippen molar-refractivity contribution in [1.29, 1.82) is 0 Å². The number of rotatable bonds is 11. The molecule has 3 aromatic rings. The molecule has 6 nitrogen and oxygen atoms in total. The number of hydrogen-bond acceptors (Lipinski definition) is 6. The van der Waals surface area contributed by atoms with Crippen LogP contribution in [0.2, 0.25) is 0 Å². The van der Waals surface area contributed by atoms with E-state index in [1.807, 2.05) is 97.9 Å². The van der Waals surface area contributed by atoms with E-state index in [0.29, 0.717) is 26.4 Å². The van der Waals surface area contributed by atoms with Crippen molar-refractivity contribution in [2.24, 2.45) is 0 Å². The van der Waals surface area contributed by atoms with E-state index in [1.165, 1.54) is 6.92 Å². The second-order valence-electron chi connectivity index (χ2n) is 8.98. The fraction of sp³-hybridized carbons (Fsp3) is 0.367. The van der Waals surface area contributed by atoms with Gasteiger partial charge in [0.25, 0.3) is 0 Å². The van der Waals surface area contributed by atoms with Crippen LogP contribution in [0.4, 0.5) is 0 Å². The largest absolute Gasteiger partial charge is 0.457 e. The Kier molecular flexibility index (Phi) is 9.64. The summed E-state index contributed by atoms with van der Waals surface area (Å²) < 4.78 is 30.9. The molecule has 2 unspecified atom stereocenters. The summed E-state index contributed by atoms with van der Waals surface area (Å²) in [5, 5.41) is 0. The first kappa shape index (κ1) is 26.0. The Hall–Kier alpha value is -3.03. The maximum Gasteiger partial charge on any atom is 0.303 e. The average molecular weight is 491 g/mol. The van der Waals surface area contributed by atoms with Crippen molar-refractivity contribution >= 4 is 5.97 Å². The highest BCUT2D eigenvalue weighted by Gasteiger charge is 2.47. The Morgan fingerprint density at radius 3 is 1.67 bits per heavy atom. The van der Waals surface area contributed by atoms with E-state index in [4.69, 9.17) is 23.7 Å². The van der Waals surface area contributed by atoms with Crippen molar-refractivity contribution < 1.29 is 28.5 Å². The monoisotopic (exact) mass is 490 g/mol. The van der Waals surface area contributed by atoms with Crippen molar-refractivity contribution in [3.8, 4) is 0 Å². The Morgan fingerprint density at radius 1 is 0.694 bits per heavy atom. The number of hydrogen-bond donors (Lipinski definition) is 0. The number of ether oxygens (including phenoxy) is 5. The fourth-order valence-electron chi connectivity index (χ4n) is 4.38. The van der Waals surface area contributed by atoms with Crippen LogP contribution in [0.15, 0.2) is 91.0 Å². The predicted molar refractivity (Wildman–Crippen MR) is 136 cm³/mol. The molecule has 0 amide bonds. The molecule has 0 bridgehead atoms. The van der Waals surface area contributed by atoms with Gasteiger partial charge in [-0.1, -0.05) is 91.0 Å². The van der Waals surface area contributed by atoms with Crippen molar-refractivity contribution in [2.75, 3.05) is 6.61 Å². The highest BCUT2D eigenvalue weighted by Crippen LogP contribution is 2.30. The summed E-state index contributed by atoms with van der Waals surface area (Å²) in [6.07, 6.45) is -2.45. The average Bonchev–Trinajstić information content (AvgIpc) is 2.90. The SMILES string of the molecule is CC(=O)OC1[C@H](C)OC(COCc2ccccc2)[C@@H](OCc2ccccc2)[C@@H]1OCc1ccccc1. The van der Waals surface area contributed by atoms with Crippen LogP contribution in [0, 0.1) is 0 Å². The molecule has 0 radical (unpaired) electrons. The summed E-state index contributed by atoms with van der Waals surface area (Å²) in [4.78, 5) is 12.0. The summed E-state index contributed by atoms with van der Waals surface area (Å²) in [5.41, 5.74) is 3.14. The molecule has 5 atom stereocenters. The van der Waals surface area contributed by atoms with Gasteiger partial charge >= 0.3 is 5.97 Å². The lowest BCUT2D eigenvalue weighted by atomic mass is 9.94. The first-order valence-corrected chi connectivity index (χ1v) is 12.4. The van der Waals surface area contributed by atoms with E-state index < -0.39 is 30.5 Å². The minimum Gasteiger partial charge on any atom is -0.457 e. The highest BCUT2D eigenvalue weighted by molar-refractivity contribution is 5.66. The zero-order chi connectivity index (χ0) is 25.2. The lowest BCUT2D eigenvalue weighted by Crippen LogP contribution is -2.60. The molecule has 1 saturated heterocycles. The molecule has 1 fully saturated rings. The Bertz CT molecular complexity index is 1040. The van der Waals surface area contributed by atoms with Crippen LogP contribution in [0.3, 0.4) is 0 Å². The molecular formula is C30H34O6. The molecule has 0 saturated carbocycles. The molecule has 0 spiro atoms. The molecule has 3 aromatic carbocycles. The number of esters is 1. The first-order chi connectivity index (χ1) is 17.6. The number of benzene rings is 3. The lowest BCUT2D eigenvalue weighted by Gasteiger charge is -2.44. The van der Waals surface area contributed by atoms with Gasteiger partial charge in [-0.15, -0.1) is 0 Å². The number of carbonyl (C=O) groups excluding carboxylic acids is 1. The summed E-state index contributed by atoms with van der Waals surface area (Å²) in [7, 11) is 0. The minimum absolute atomic E-state index is 0.316. The molecule has 36 heavy (non-hydrogen) atoms. The predicted octanol–water partition coefficient (Wildman–Crippen LogP) is 5.09. The van der Waals surface area contributed by atoms with Gasteiger partial charge in [0.15, 0.2) is 6.10 Å². The van der Waals surface area contributed by atoms with Crippen LogP contribution < -0.4 is 0 Å². The van der Waals surface area contributed by atoms with Crippen LogP contribution in [0.1, 0.15) is 30.5 Å². The third kappa shape index (κ3) is 7.48. The Morgan fingerprint density at radius 2 is 1.17 bits per heavy atom. The molecule has 6 heteroatoms. The second-order valence-corrected chi connectivity index (χ2v) is 8.98. The number of carbonyl (C=O) groups is 1. The maximum atomic E-state index is 12.0. The van der Waals surface area contributed by atoms with Crippen molar-refractivity contribution in [2.45, 2.75) is 64.2 Å². The summed E-state index contributed by atoms with van der Waals surface area (Å²) in [5.74, 6) is -0.385. The zero-order valence-corrected chi connectivity index (χ0v) is 20.8. The zero-order valence-electron chi connectivity index (χ0n) is 20.8. The smallest absolute Gasteiger partial charge is 0.303 e. The van der Waals surface area contributed by atoms with Crippen molar-refractivity contribution in [3.63, 3.8) is 0 Å². The van der Waals surface area contributed by atoms with Crippen LogP contribution in [0.25, 0.3) is 0 Å². The van der Waals surface area contributed by atoms with Crippen LogP contribution in [0.5, 0.6) is 0 Å². The van der Waals surface area contributed by atoms with E-state index >= 15 is 0 Å². The van der Waals surface area contributed by atoms with Crippen LogP contribution in [-0.4, -0.2) is 43.1 Å². The van der Waals surface area contributed by atoms with Gasteiger partial charge in [-0.05, 0) is 23.6 Å². The molecule has 0 aliphatic carbocycles. The van der Waals surface area contributed by atoms with Crippen molar-refractivity contribution in [1.82, 2.24) is 0 Å². The maximum absolute atomic E-state index is 12.0. The van der Waals surface area contributed by atoms with Gasteiger partial charge < -0.3 is 23.7 Å². The molecule has 0 aromatic heterocycles. The van der Waals surface area contributed by atoms with Crippen LogP contribution >= 0.6 is 0 Å². The normalized spacial score (nSPS) is 23.8. The van der Waals surface area contributed by atoms with E-state index in [0.717, 1.165) is 16.7 Å². The third-order valence-corrected chi connectivity index (χ3v) is 6.13. The fourth-order valence-corrected chi connectivity index (χ4v) is 4.38. The minimum atomic E-state index is -0.614. The lowest BCUT2D eigenvalue weighted by molar-refractivity contribution is -0.262. The Labute approximate surface area is 213 Å². The van der Waals surface area contributed by atoms with Gasteiger partial charge in [0.2, 0.25) is 0 Å². The second kappa shape index (κ2) is 13.3. The van der Waals surface area contributed by atoms with E-state index in [-0.39, 0.29) is 5.97 Å². The molecule has 1 heterocycles. The molecule has 1 aliphatic heterocycles. The Balaban J connectivity index is 1.53. The van der Waals surface area contributed by atoms with Gasteiger partial charge in [0.05, 0.1) is 32.5 Å². The summed E-state index contributed by atoms with van der Waals surface area (Å²) >= 11 is 0. The molecule has 190 valence electrons. The van der Waals surface area contributed by atoms with Gasteiger partial charge in [-0.2, -0.15) is 0 Å². The van der Waals surface area contributed by atoms with Crippen LogP contribution in [-0.2, 0) is 48.3 Å². The highest BCUT2D eigenvalue weighted by atomic mass is 16.6. The van der Waals surface area contributed by atoms with Gasteiger partial charge in [0.1, 0.15) is 18.3 Å². The first-order valence-electron chi connectivity index (χ1n) is 12.4. The standard InChI is InChI=1S/C30H34O6/c1-22-28(36-23(2)31)30(34-20-26-16-10-5-11-17-26)29(33-19-25-14-8-4-9-15-25)27(35-22)21-32-18-24-12-6-3-7-13-24/h3-17,22,27-30H,18-21H2,1-2H3/t22-,27?,28?,29+,30+/m0/s1. The molecule has 1 aliphatic rings. The van der Waals surface area contributed by atoms with E-state index in [1.54, 1.807) is 0 Å². The quantitative estimate of drug-likeness (QED) is 0.349. The topological polar surface area (TPSA) is 63.2 Å². The van der Waals surface area contributed by atoms with Gasteiger partial charge in [-0.25, -0.2) is 0 Å². The van der Waals surface area contributed by atoms with Crippen molar-refractivity contribution in [3.05, 3.63) is 108 Å². The summed E-state index contributed by atoms with van der Waals surface area (Å²) in [6.45, 7) is 4.80.